The number of benzene rings is 2. The first-order chi connectivity index (χ1) is 14.1. The van der Waals surface area contributed by atoms with Gasteiger partial charge in [0.1, 0.15) is 5.75 Å². The summed E-state index contributed by atoms with van der Waals surface area (Å²) in [4.78, 5) is 26.8. The predicted molar refractivity (Wildman–Crippen MR) is 114 cm³/mol. The predicted octanol–water partition coefficient (Wildman–Crippen LogP) is 3.15. The molecule has 154 valence electrons. The molecule has 2 aromatic carbocycles. The number of amides is 2. The summed E-state index contributed by atoms with van der Waals surface area (Å²) < 4.78 is 5.17. The van der Waals surface area contributed by atoms with Crippen LogP contribution >= 0.6 is 0 Å². The second-order valence-corrected chi connectivity index (χ2v) is 7.29. The van der Waals surface area contributed by atoms with E-state index in [0.717, 1.165) is 19.3 Å². The maximum absolute atomic E-state index is 12.6. The van der Waals surface area contributed by atoms with Crippen LogP contribution in [0.1, 0.15) is 36.9 Å². The molecule has 0 unspecified atom stereocenters. The fourth-order valence-electron chi connectivity index (χ4n) is 3.73. The van der Waals surface area contributed by atoms with Gasteiger partial charge in [-0.15, -0.1) is 0 Å². The number of nitrogens with one attached hydrogen (secondary N) is 2. The average molecular weight is 396 g/mol. The lowest BCUT2D eigenvalue weighted by atomic mass is 9.88. The molecular weight excluding hydrogens is 366 g/mol. The summed E-state index contributed by atoms with van der Waals surface area (Å²) in [6, 6.07) is 15.6. The zero-order valence-corrected chi connectivity index (χ0v) is 17.1. The van der Waals surface area contributed by atoms with E-state index < -0.39 is 0 Å². The van der Waals surface area contributed by atoms with Crippen molar-refractivity contribution < 1.29 is 14.3 Å². The van der Waals surface area contributed by atoms with Crippen molar-refractivity contribution in [1.82, 2.24) is 10.2 Å². The fraction of sp³-hybridized carbons (Fsp3) is 0.391. The summed E-state index contributed by atoms with van der Waals surface area (Å²) in [6.07, 6.45) is 3.08. The highest BCUT2D eigenvalue weighted by Gasteiger charge is 2.22. The molecule has 1 aliphatic rings. The summed E-state index contributed by atoms with van der Waals surface area (Å²) in [7, 11) is 1.59. The first kappa shape index (κ1) is 20.9. The van der Waals surface area contributed by atoms with Gasteiger partial charge >= 0.3 is 0 Å². The summed E-state index contributed by atoms with van der Waals surface area (Å²) in [6.45, 7) is 2.91. The second kappa shape index (κ2) is 10.1. The Balaban J connectivity index is 1.53. The van der Waals surface area contributed by atoms with E-state index in [4.69, 9.17) is 4.74 Å². The number of nitrogens with zero attached hydrogens (tertiary/aromatic N) is 1. The van der Waals surface area contributed by atoms with Crippen molar-refractivity contribution in [3.63, 3.8) is 0 Å². The molecule has 6 nitrogen and oxygen atoms in total. The molecule has 3 rings (SSSR count). The van der Waals surface area contributed by atoms with Crippen LogP contribution in [0.4, 0.5) is 5.69 Å². The zero-order chi connectivity index (χ0) is 20.6. The smallest absolute Gasteiger partial charge is 0.238 e. The number of aryl methyl sites for hydroxylation is 1. The lowest BCUT2D eigenvalue weighted by Gasteiger charge is -2.27. The molecular formula is C23H29N3O3. The van der Waals surface area contributed by atoms with E-state index in [1.807, 2.05) is 42.2 Å². The van der Waals surface area contributed by atoms with Crippen LogP contribution in [0.5, 0.6) is 5.75 Å². The van der Waals surface area contributed by atoms with Gasteiger partial charge in [-0.3, -0.25) is 14.5 Å². The molecule has 2 aromatic rings. The van der Waals surface area contributed by atoms with Crippen molar-refractivity contribution in [2.45, 2.75) is 32.2 Å². The van der Waals surface area contributed by atoms with Gasteiger partial charge in [-0.2, -0.15) is 0 Å². The standard InChI is InChI=1S/C23H29N3O3/c1-3-26(15-22(27)24-18-10-7-11-19(14-18)29-2)16-23(28)25-21-13-6-9-17-8-4-5-12-20(17)21/h4-5,7-8,10-12,14,21H,3,6,9,13,15-16H2,1-2H3,(H,24,27)(H,25,28)/t21-/m1/s1. The van der Waals surface area contributed by atoms with Gasteiger partial charge in [0.15, 0.2) is 0 Å². The van der Waals surface area contributed by atoms with E-state index in [9.17, 15) is 9.59 Å². The van der Waals surface area contributed by atoms with Crippen LogP contribution in [0.2, 0.25) is 0 Å². The van der Waals surface area contributed by atoms with E-state index in [2.05, 4.69) is 22.8 Å². The normalized spacial score (nSPS) is 15.5. The van der Waals surface area contributed by atoms with Gasteiger partial charge in [-0.25, -0.2) is 0 Å². The highest BCUT2D eigenvalue weighted by Crippen LogP contribution is 2.29. The van der Waals surface area contributed by atoms with Crippen LogP contribution in [0.15, 0.2) is 48.5 Å². The van der Waals surface area contributed by atoms with Gasteiger partial charge in [-0.05, 0) is 49.1 Å². The molecule has 2 amide bonds. The maximum Gasteiger partial charge on any atom is 0.238 e. The van der Waals surface area contributed by atoms with Gasteiger partial charge in [0, 0.05) is 11.8 Å². The highest BCUT2D eigenvalue weighted by atomic mass is 16.5. The first-order valence-electron chi connectivity index (χ1n) is 10.1. The Bertz CT molecular complexity index is 853. The Morgan fingerprint density at radius 2 is 1.90 bits per heavy atom. The maximum atomic E-state index is 12.6. The third-order valence-electron chi connectivity index (χ3n) is 5.24. The number of hydrogen-bond donors (Lipinski definition) is 2. The van der Waals surface area contributed by atoms with Gasteiger partial charge in [0.25, 0.3) is 0 Å². The number of hydrogen-bond acceptors (Lipinski definition) is 4. The minimum absolute atomic E-state index is 0.0526. The Kier molecular flexibility index (Phi) is 7.25. The monoisotopic (exact) mass is 395 g/mol. The number of carbonyl (C=O) groups excluding carboxylic acids is 2. The molecule has 0 spiro atoms. The molecule has 2 N–H and O–H groups in total. The SMILES string of the molecule is CCN(CC(=O)Nc1cccc(OC)c1)CC(=O)N[C@@H]1CCCc2ccccc21. The Morgan fingerprint density at radius 3 is 2.69 bits per heavy atom. The average Bonchev–Trinajstić information content (AvgIpc) is 2.73. The second-order valence-electron chi connectivity index (χ2n) is 7.29. The summed E-state index contributed by atoms with van der Waals surface area (Å²) in [5.41, 5.74) is 3.20. The van der Waals surface area contributed by atoms with Crippen LogP contribution in [0.3, 0.4) is 0 Å². The molecule has 1 atom stereocenters. The first-order valence-corrected chi connectivity index (χ1v) is 10.1. The fourth-order valence-corrected chi connectivity index (χ4v) is 3.73. The number of fused-ring (bicyclic) bond motifs is 1. The van der Waals surface area contributed by atoms with Gasteiger partial charge in [0.05, 0.1) is 26.2 Å². The third kappa shape index (κ3) is 5.81. The zero-order valence-electron chi connectivity index (χ0n) is 17.1. The molecule has 0 aliphatic heterocycles. The molecule has 0 aromatic heterocycles. The van der Waals surface area contributed by atoms with E-state index in [0.29, 0.717) is 18.0 Å². The molecule has 0 saturated carbocycles. The van der Waals surface area contributed by atoms with Crippen molar-refractivity contribution in [1.29, 1.82) is 0 Å². The quantitative estimate of drug-likeness (QED) is 0.720. The number of ether oxygens (including phenoxy) is 1. The number of rotatable bonds is 8. The summed E-state index contributed by atoms with van der Waals surface area (Å²) >= 11 is 0. The minimum atomic E-state index is -0.157. The molecule has 0 heterocycles. The lowest BCUT2D eigenvalue weighted by Crippen LogP contribution is -2.42. The Labute approximate surface area is 172 Å². The van der Waals surface area contributed by atoms with Gasteiger partial charge < -0.3 is 15.4 Å². The van der Waals surface area contributed by atoms with Crippen molar-refractivity contribution >= 4 is 17.5 Å². The van der Waals surface area contributed by atoms with Gasteiger partial charge in [-0.1, -0.05) is 37.3 Å². The molecule has 0 radical (unpaired) electrons. The van der Waals surface area contributed by atoms with E-state index in [1.54, 1.807) is 13.2 Å². The molecule has 0 fully saturated rings. The summed E-state index contributed by atoms with van der Waals surface area (Å²) in [5.74, 6) is 0.473. The number of methoxy groups -OCH3 is 1. The van der Waals surface area contributed by atoms with E-state index >= 15 is 0 Å². The van der Waals surface area contributed by atoms with Crippen molar-refractivity contribution in [3.05, 3.63) is 59.7 Å². The third-order valence-corrected chi connectivity index (χ3v) is 5.24. The van der Waals surface area contributed by atoms with Crippen LogP contribution in [-0.4, -0.2) is 43.5 Å². The molecule has 29 heavy (non-hydrogen) atoms. The lowest BCUT2D eigenvalue weighted by molar-refractivity contribution is -0.124. The molecule has 0 bridgehead atoms. The molecule has 1 aliphatic carbocycles. The number of carbonyl (C=O) groups is 2. The van der Waals surface area contributed by atoms with Crippen LogP contribution < -0.4 is 15.4 Å². The molecule has 0 saturated heterocycles. The van der Waals surface area contributed by atoms with Crippen molar-refractivity contribution in [2.24, 2.45) is 0 Å². The van der Waals surface area contributed by atoms with Crippen molar-refractivity contribution in [2.75, 3.05) is 32.1 Å². The Morgan fingerprint density at radius 1 is 1.10 bits per heavy atom. The van der Waals surface area contributed by atoms with Crippen LogP contribution in [0.25, 0.3) is 0 Å². The van der Waals surface area contributed by atoms with E-state index in [-0.39, 0.29) is 30.9 Å². The topological polar surface area (TPSA) is 70.7 Å². The summed E-state index contributed by atoms with van der Waals surface area (Å²) in [5, 5.41) is 6.01. The largest absolute Gasteiger partial charge is 0.497 e. The number of likely N-dealkylation sites (N-methyl/N-ethyl adjacent to an activating group) is 1. The Hall–Kier alpha value is -2.86. The van der Waals surface area contributed by atoms with Crippen LogP contribution in [0, 0.1) is 0 Å². The molecule has 6 heteroatoms. The highest BCUT2D eigenvalue weighted by molar-refractivity contribution is 5.92. The van der Waals surface area contributed by atoms with Crippen molar-refractivity contribution in [3.8, 4) is 5.75 Å². The van der Waals surface area contributed by atoms with Gasteiger partial charge in [0.2, 0.25) is 11.8 Å². The van der Waals surface area contributed by atoms with E-state index in [1.165, 1.54) is 11.1 Å². The number of anilines is 1. The van der Waals surface area contributed by atoms with Crippen LogP contribution in [-0.2, 0) is 16.0 Å². The minimum Gasteiger partial charge on any atom is -0.497 e.